The Kier molecular flexibility index (Phi) is 5.24. The molecule has 134 valence electrons. The van der Waals surface area contributed by atoms with E-state index in [4.69, 9.17) is 0 Å². The van der Waals surface area contributed by atoms with Crippen LogP contribution in [0.5, 0.6) is 0 Å². The second-order valence-electron chi connectivity index (χ2n) is 6.10. The lowest BCUT2D eigenvalue weighted by Gasteiger charge is -2.31. The maximum absolute atomic E-state index is 12.7. The van der Waals surface area contributed by atoms with Gasteiger partial charge in [0.1, 0.15) is 0 Å². The van der Waals surface area contributed by atoms with Crippen molar-refractivity contribution >= 4 is 33.0 Å². The quantitative estimate of drug-likeness (QED) is 0.885. The van der Waals surface area contributed by atoms with Crippen molar-refractivity contribution < 1.29 is 13.2 Å². The van der Waals surface area contributed by atoms with Crippen LogP contribution in [0.4, 0.5) is 5.69 Å². The van der Waals surface area contributed by atoms with Gasteiger partial charge in [-0.25, -0.2) is 8.42 Å². The molecule has 3 rings (SSSR count). The number of sulfonamides is 1. The highest BCUT2D eigenvalue weighted by Gasteiger charge is 2.27. The predicted molar refractivity (Wildman–Crippen MR) is 99.7 cm³/mol. The number of carbonyl (C=O) groups excluding carboxylic acids is 1. The van der Waals surface area contributed by atoms with Crippen LogP contribution in [-0.4, -0.2) is 56.8 Å². The molecule has 25 heavy (non-hydrogen) atoms. The van der Waals surface area contributed by atoms with Crippen LogP contribution in [0.2, 0.25) is 0 Å². The summed E-state index contributed by atoms with van der Waals surface area (Å²) in [6.45, 7) is 4.39. The van der Waals surface area contributed by atoms with E-state index in [9.17, 15) is 13.2 Å². The van der Waals surface area contributed by atoms with Crippen LogP contribution in [0.15, 0.2) is 41.3 Å². The first kappa shape index (κ1) is 18.1. The van der Waals surface area contributed by atoms with E-state index in [-0.39, 0.29) is 10.8 Å². The molecule has 1 aromatic carbocycles. The van der Waals surface area contributed by atoms with Crippen LogP contribution in [0.3, 0.4) is 0 Å². The Morgan fingerprint density at radius 2 is 1.68 bits per heavy atom. The van der Waals surface area contributed by atoms with Gasteiger partial charge < -0.3 is 10.2 Å². The van der Waals surface area contributed by atoms with Crippen molar-refractivity contribution in [1.82, 2.24) is 9.21 Å². The van der Waals surface area contributed by atoms with Gasteiger partial charge in [-0.1, -0.05) is 0 Å². The lowest BCUT2D eigenvalue weighted by molar-refractivity contribution is 0.103. The third-order valence-corrected chi connectivity index (χ3v) is 7.09. The summed E-state index contributed by atoms with van der Waals surface area (Å²) in [4.78, 5) is 16.2. The van der Waals surface area contributed by atoms with Crippen molar-refractivity contribution in [1.29, 1.82) is 0 Å². The number of carbonyl (C=O) groups is 1. The summed E-state index contributed by atoms with van der Waals surface area (Å²) in [5, 5.41) is 2.79. The average Bonchev–Trinajstić information content (AvgIpc) is 3.02. The van der Waals surface area contributed by atoms with E-state index in [1.807, 2.05) is 20.0 Å². The molecular weight excluding hydrogens is 358 g/mol. The first-order valence-electron chi connectivity index (χ1n) is 8.03. The largest absolute Gasteiger partial charge is 0.321 e. The zero-order valence-corrected chi connectivity index (χ0v) is 15.9. The zero-order chi connectivity index (χ0) is 18.0. The molecule has 1 aromatic heterocycles. The van der Waals surface area contributed by atoms with E-state index < -0.39 is 10.0 Å². The van der Waals surface area contributed by atoms with Gasteiger partial charge in [-0.2, -0.15) is 4.31 Å². The molecule has 0 bridgehead atoms. The summed E-state index contributed by atoms with van der Waals surface area (Å²) in [6, 6.07) is 10.0. The van der Waals surface area contributed by atoms with E-state index in [1.165, 1.54) is 15.6 Å². The molecular formula is C17H21N3O3S2. The van der Waals surface area contributed by atoms with Crippen LogP contribution in [0.25, 0.3) is 0 Å². The summed E-state index contributed by atoms with van der Waals surface area (Å²) in [5.74, 6) is -0.187. The van der Waals surface area contributed by atoms with Crippen molar-refractivity contribution in [3.63, 3.8) is 0 Å². The number of amides is 1. The fourth-order valence-electron chi connectivity index (χ4n) is 2.64. The normalized spacial score (nSPS) is 16.7. The molecule has 1 amide bonds. The number of piperazine rings is 1. The summed E-state index contributed by atoms with van der Waals surface area (Å²) in [5.41, 5.74) is 0.577. The maximum Gasteiger partial charge on any atom is 0.265 e. The molecule has 0 unspecified atom stereocenters. The fourth-order valence-corrected chi connectivity index (χ4v) is 4.82. The molecule has 2 heterocycles. The number of aryl methyl sites for hydroxylation is 1. The van der Waals surface area contributed by atoms with Crippen LogP contribution in [-0.2, 0) is 10.0 Å². The first-order valence-corrected chi connectivity index (χ1v) is 10.3. The van der Waals surface area contributed by atoms with Gasteiger partial charge in [0.05, 0.1) is 9.77 Å². The number of rotatable bonds is 4. The smallest absolute Gasteiger partial charge is 0.265 e. The van der Waals surface area contributed by atoms with E-state index >= 15 is 0 Å². The molecule has 8 heteroatoms. The number of hydrogen-bond donors (Lipinski definition) is 1. The number of nitrogens with zero attached hydrogens (tertiary/aromatic N) is 2. The van der Waals surface area contributed by atoms with Crippen molar-refractivity contribution in [2.24, 2.45) is 0 Å². The summed E-state index contributed by atoms with van der Waals surface area (Å²) in [6.07, 6.45) is 0. The van der Waals surface area contributed by atoms with E-state index in [2.05, 4.69) is 10.2 Å². The van der Waals surface area contributed by atoms with Gasteiger partial charge in [-0.3, -0.25) is 4.79 Å². The number of nitrogens with one attached hydrogen (secondary N) is 1. The van der Waals surface area contributed by atoms with Gasteiger partial charge in [0, 0.05) is 36.7 Å². The Labute approximate surface area is 152 Å². The Morgan fingerprint density at radius 1 is 1.04 bits per heavy atom. The third kappa shape index (κ3) is 4.09. The Bertz CT molecular complexity index is 852. The van der Waals surface area contributed by atoms with Gasteiger partial charge in [0.2, 0.25) is 10.0 Å². The molecule has 6 nitrogen and oxygen atoms in total. The Balaban J connectivity index is 1.70. The van der Waals surface area contributed by atoms with Gasteiger partial charge in [-0.15, -0.1) is 11.3 Å². The number of benzene rings is 1. The van der Waals surface area contributed by atoms with Crippen LogP contribution in [0.1, 0.15) is 14.5 Å². The van der Waals surface area contributed by atoms with Crippen molar-refractivity contribution in [3.8, 4) is 0 Å². The number of anilines is 1. The SMILES string of the molecule is Cc1ccc(C(=O)Nc2ccc(S(=O)(=O)N3CCN(C)CC3)cc2)s1. The summed E-state index contributed by atoms with van der Waals surface area (Å²) in [7, 11) is -1.50. The zero-order valence-electron chi connectivity index (χ0n) is 14.2. The van der Waals surface area contributed by atoms with Crippen molar-refractivity contribution in [3.05, 3.63) is 46.2 Å². The molecule has 1 fully saturated rings. The lowest BCUT2D eigenvalue weighted by Crippen LogP contribution is -2.46. The van der Waals surface area contributed by atoms with Crippen LogP contribution < -0.4 is 5.32 Å². The molecule has 0 saturated carbocycles. The molecule has 0 atom stereocenters. The highest BCUT2D eigenvalue weighted by molar-refractivity contribution is 7.89. The molecule has 2 aromatic rings. The number of thiophene rings is 1. The second-order valence-corrected chi connectivity index (χ2v) is 9.32. The van der Waals surface area contributed by atoms with Crippen molar-refractivity contribution in [2.45, 2.75) is 11.8 Å². The monoisotopic (exact) mass is 379 g/mol. The van der Waals surface area contributed by atoms with Crippen LogP contribution >= 0.6 is 11.3 Å². The average molecular weight is 380 g/mol. The van der Waals surface area contributed by atoms with E-state index in [0.717, 1.165) is 18.0 Å². The molecule has 0 spiro atoms. The lowest BCUT2D eigenvalue weighted by atomic mass is 10.3. The van der Waals surface area contributed by atoms with Gasteiger partial charge in [0.15, 0.2) is 0 Å². The van der Waals surface area contributed by atoms with Crippen molar-refractivity contribution in [2.75, 3.05) is 38.5 Å². The molecule has 0 radical (unpaired) electrons. The highest BCUT2D eigenvalue weighted by Crippen LogP contribution is 2.21. The third-order valence-electron chi connectivity index (χ3n) is 4.18. The Morgan fingerprint density at radius 3 is 2.24 bits per heavy atom. The fraction of sp³-hybridized carbons (Fsp3) is 0.353. The molecule has 0 aliphatic carbocycles. The van der Waals surface area contributed by atoms with E-state index in [0.29, 0.717) is 23.7 Å². The topological polar surface area (TPSA) is 69.7 Å². The molecule has 1 N–H and O–H groups in total. The van der Waals surface area contributed by atoms with Gasteiger partial charge in [0.25, 0.3) is 5.91 Å². The summed E-state index contributed by atoms with van der Waals surface area (Å²) < 4.78 is 26.9. The highest BCUT2D eigenvalue weighted by atomic mass is 32.2. The maximum atomic E-state index is 12.7. The molecule has 1 aliphatic rings. The van der Waals surface area contributed by atoms with E-state index in [1.54, 1.807) is 30.3 Å². The molecule has 1 aliphatic heterocycles. The predicted octanol–water partition coefficient (Wildman–Crippen LogP) is 2.24. The standard InChI is InChI=1S/C17H21N3O3S2/c1-13-3-8-16(24-13)17(21)18-14-4-6-15(7-5-14)25(22,23)20-11-9-19(2)10-12-20/h3-8H,9-12H2,1-2H3,(H,18,21). The van der Waals surface area contributed by atoms with Gasteiger partial charge in [-0.05, 0) is 50.4 Å². The number of likely N-dealkylation sites (N-methyl/N-ethyl adjacent to an activating group) is 1. The van der Waals surface area contributed by atoms with Crippen LogP contribution in [0, 0.1) is 6.92 Å². The Hall–Kier alpha value is -1.74. The number of hydrogen-bond acceptors (Lipinski definition) is 5. The second kappa shape index (κ2) is 7.25. The summed E-state index contributed by atoms with van der Waals surface area (Å²) >= 11 is 1.42. The molecule has 1 saturated heterocycles. The first-order chi connectivity index (χ1) is 11.9. The van der Waals surface area contributed by atoms with Gasteiger partial charge >= 0.3 is 0 Å². The minimum atomic E-state index is -3.48. The minimum absolute atomic E-state index is 0.187. The minimum Gasteiger partial charge on any atom is -0.321 e.